The quantitative estimate of drug-likeness (QED) is 0.752. The molecule has 0 fully saturated rings. The van der Waals surface area contributed by atoms with Crippen molar-refractivity contribution in [2.45, 2.75) is 12.8 Å². The molecular weight excluding hydrogens is 226 g/mol. The van der Waals surface area contributed by atoms with Gasteiger partial charge < -0.3 is 4.74 Å². The number of hydrogen-bond acceptors (Lipinski definition) is 2. The van der Waals surface area contributed by atoms with Gasteiger partial charge >= 0.3 is 11.9 Å². The lowest BCUT2D eigenvalue weighted by Gasteiger charge is -2.15. The molecule has 0 amide bonds. The summed E-state index contributed by atoms with van der Waals surface area (Å²) in [5.41, 5.74) is -0.537. The zero-order valence-electron chi connectivity index (χ0n) is 7.97. The molecule has 0 unspecified atom stereocenters. The van der Waals surface area contributed by atoms with E-state index in [-0.39, 0.29) is 11.6 Å². The monoisotopic (exact) mass is 234 g/mol. The summed E-state index contributed by atoms with van der Waals surface area (Å²) >= 11 is 5.57. The van der Waals surface area contributed by atoms with Crippen LogP contribution in [0.5, 0.6) is 0 Å². The number of carbonyl (C=O) groups is 1. The van der Waals surface area contributed by atoms with Crippen molar-refractivity contribution in [3.63, 3.8) is 0 Å². The molecule has 0 aliphatic heterocycles. The van der Waals surface area contributed by atoms with Crippen LogP contribution in [-0.2, 0) is 15.5 Å². The summed E-state index contributed by atoms with van der Waals surface area (Å²) in [5, 5.41) is -0.157. The van der Waals surface area contributed by atoms with Gasteiger partial charge in [-0.05, 0) is 13.0 Å². The number of carbonyl (C=O) groups excluding carboxylic acids is 1. The smallest absolute Gasteiger partial charge is 0.382 e. The second kappa shape index (κ2) is 4.57. The molecule has 0 saturated heterocycles. The van der Waals surface area contributed by atoms with Crippen LogP contribution in [0.3, 0.4) is 0 Å². The van der Waals surface area contributed by atoms with Gasteiger partial charge in [-0.1, -0.05) is 29.8 Å². The molecule has 0 saturated carbocycles. The summed E-state index contributed by atoms with van der Waals surface area (Å²) in [5.74, 6) is -5.29. The van der Waals surface area contributed by atoms with Crippen molar-refractivity contribution in [2.75, 3.05) is 6.61 Å². The molecular formula is C10H9ClF2O2. The van der Waals surface area contributed by atoms with Gasteiger partial charge in [-0.3, -0.25) is 0 Å². The van der Waals surface area contributed by atoms with E-state index in [1.165, 1.54) is 25.1 Å². The second-order valence-electron chi connectivity index (χ2n) is 2.77. The number of halogens is 3. The van der Waals surface area contributed by atoms with E-state index in [9.17, 15) is 13.6 Å². The van der Waals surface area contributed by atoms with Crippen molar-refractivity contribution in [2.24, 2.45) is 0 Å². The highest BCUT2D eigenvalue weighted by molar-refractivity contribution is 6.31. The Morgan fingerprint density at radius 3 is 2.60 bits per heavy atom. The van der Waals surface area contributed by atoms with E-state index in [4.69, 9.17) is 11.6 Å². The van der Waals surface area contributed by atoms with E-state index >= 15 is 0 Å². The maximum Gasteiger partial charge on any atom is 0.382 e. The normalized spacial score (nSPS) is 11.2. The van der Waals surface area contributed by atoms with E-state index < -0.39 is 17.5 Å². The van der Waals surface area contributed by atoms with Crippen LogP contribution in [0.4, 0.5) is 8.78 Å². The number of alkyl halides is 2. The summed E-state index contributed by atoms with van der Waals surface area (Å²) in [6, 6.07) is 5.28. The maximum absolute atomic E-state index is 13.4. The summed E-state index contributed by atoms with van der Waals surface area (Å²) in [4.78, 5) is 11.0. The molecule has 0 spiro atoms. The molecule has 0 heterocycles. The molecule has 0 atom stereocenters. The molecule has 0 bridgehead atoms. The number of benzene rings is 1. The SMILES string of the molecule is CCOC(=O)C(F)(F)c1ccccc1Cl. The van der Waals surface area contributed by atoms with Crippen molar-refractivity contribution in [1.29, 1.82) is 0 Å². The lowest BCUT2D eigenvalue weighted by molar-refractivity contribution is -0.173. The van der Waals surface area contributed by atoms with Gasteiger partial charge in [-0.2, -0.15) is 8.78 Å². The fourth-order valence-corrected chi connectivity index (χ4v) is 1.30. The molecule has 0 N–H and O–H groups in total. The van der Waals surface area contributed by atoms with Crippen LogP contribution >= 0.6 is 11.6 Å². The third-order valence-electron chi connectivity index (χ3n) is 1.74. The van der Waals surface area contributed by atoms with Gasteiger partial charge in [0, 0.05) is 0 Å². The molecule has 2 nitrogen and oxygen atoms in total. The Labute approximate surface area is 90.8 Å². The third-order valence-corrected chi connectivity index (χ3v) is 2.07. The zero-order chi connectivity index (χ0) is 11.5. The van der Waals surface area contributed by atoms with Crippen LogP contribution in [-0.4, -0.2) is 12.6 Å². The molecule has 5 heteroatoms. The summed E-state index contributed by atoms with van der Waals surface area (Å²) in [6.45, 7) is 1.36. The largest absolute Gasteiger partial charge is 0.461 e. The number of esters is 1. The number of ether oxygens (including phenoxy) is 1. The Balaban J connectivity index is 3.05. The Morgan fingerprint density at radius 2 is 2.07 bits per heavy atom. The first-order chi connectivity index (χ1) is 7.00. The molecule has 15 heavy (non-hydrogen) atoms. The van der Waals surface area contributed by atoms with E-state index in [0.29, 0.717) is 0 Å². The standard InChI is InChI=1S/C10H9ClF2O2/c1-2-15-9(14)10(12,13)7-5-3-4-6-8(7)11/h3-6H,2H2,1H3. The molecule has 82 valence electrons. The Kier molecular flexibility index (Phi) is 3.63. The van der Waals surface area contributed by atoms with Gasteiger partial charge in [0.05, 0.1) is 17.2 Å². The summed E-state index contributed by atoms with van der Waals surface area (Å²) < 4.78 is 31.1. The van der Waals surface area contributed by atoms with Crippen molar-refractivity contribution in [1.82, 2.24) is 0 Å². The predicted octanol–water partition coefficient (Wildman–Crippen LogP) is 2.99. The average molecular weight is 235 g/mol. The predicted molar refractivity (Wildman–Crippen MR) is 52.0 cm³/mol. The van der Waals surface area contributed by atoms with E-state index in [1.54, 1.807) is 0 Å². The number of hydrogen-bond donors (Lipinski definition) is 0. The van der Waals surface area contributed by atoms with Crippen molar-refractivity contribution in [3.05, 3.63) is 34.9 Å². The molecule has 1 aromatic carbocycles. The molecule has 0 aliphatic carbocycles. The van der Waals surface area contributed by atoms with Crippen LogP contribution in [0, 0.1) is 0 Å². The second-order valence-corrected chi connectivity index (χ2v) is 3.18. The van der Waals surface area contributed by atoms with E-state index in [2.05, 4.69) is 4.74 Å². The van der Waals surface area contributed by atoms with Crippen LogP contribution in [0.25, 0.3) is 0 Å². The Morgan fingerprint density at radius 1 is 1.47 bits per heavy atom. The minimum absolute atomic E-state index is 0.0983. The Hall–Kier alpha value is -1.16. The van der Waals surface area contributed by atoms with Crippen LogP contribution < -0.4 is 0 Å². The minimum Gasteiger partial charge on any atom is -0.461 e. The highest BCUT2D eigenvalue weighted by Gasteiger charge is 2.44. The van der Waals surface area contributed by atoms with Gasteiger partial charge in [-0.25, -0.2) is 4.79 Å². The highest BCUT2D eigenvalue weighted by Crippen LogP contribution is 2.34. The summed E-state index contributed by atoms with van der Waals surface area (Å²) in [6.07, 6.45) is 0. The maximum atomic E-state index is 13.4. The van der Waals surface area contributed by atoms with Crippen molar-refractivity contribution < 1.29 is 18.3 Å². The molecule has 0 radical (unpaired) electrons. The van der Waals surface area contributed by atoms with Crippen LogP contribution in [0.2, 0.25) is 5.02 Å². The Bertz CT molecular complexity index is 366. The van der Waals surface area contributed by atoms with E-state index in [0.717, 1.165) is 6.07 Å². The van der Waals surface area contributed by atoms with Gasteiger partial charge in [0.2, 0.25) is 0 Å². The lowest BCUT2D eigenvalue weighted by Crippen LogP contribution is -2.28. The van der Waals surface area contributed by atoms with Crippen molar-refractivity contribution >= 4 is 17.6 Å². The van der Waals surface area contributed by atoms with Gasteiger partial charge in [0.15, 0.2) is 0 Å². The van der Waals surface area contributed by atoms with Crippen LogP contribution in [0.15, 0.2) is 24.3 Å². The molecule has 0 aliphatic rings. The first kappa shape index (κ1) is 11.9. The highest BCUT2D eigenvalue weighted by atomic mass is 35.5. The fourth-order valence-electron chi connectivity index (χ4n) is 1.05. The van der Waals surface area contributed by atoms with E-state index in [1.807, 2.05) is 0 Å². The van der Waals surface area contributed by atoms with Gasteiger partial charge in [0.25, 0.3) is 0 Å². The van der Waals surface area contributed by atoms with Gasteiger partial charge in [0.1, 0.15) is 0 Å². The minimum atomic E-state index is -3.70. The molecule has 0 aromatic heterocycles. The molecule has 1 rings (SSSR count). The molecule has 1 aromatic rings. The average Bonchev–Trinajstić information content (AvgIpc) is 2.18. The first-order valence-corrected chi connectivity index (χ1v) is 4.68. The zero-order valence-corrected chi connectivity index (χ0v) is 8.72. The summed E-state index contributed by atoms with van der Waals surface area (Å²) in [7, 11) is 0. The first-order valence-electron chi connectivity index (χ1n) is 4.30. The van der Waals surface area contributed by atoms with Gasteiger partial charge in [-0.15, -0.1) is 0 Å². The fraction of sp³-hybridized carbons (Fsp3) is 0.300. The third kappa shape index (κ3) is 2.45. The van der Waals surface area contributed by atoms with Crippen molar-refractivity contribution in [3.8, 4) is 0 Å². The lowest BCUT2D eigenvalue weighted by atomic mass is 10.1. The van der Waals surface area contributed by atoms with Crippen LogP contribution in [0.1, 0.15) is 12.5 Å². The number of rotatable bonds is 3. The topological polar surface area (TPSA) is 26.3 Å².